The lowest BCUT2D eigenvalue weighted by molar-refractivity contribution is -0.119. The van der Waals surface area contributed by atoms with E-state index in [1.54, 1.807) is 11.9 Å². The molecule has 0 saturated carbocycles. The Morgan fingerprint density at radius 3 is 2.76 bits per heavy atom. The number of likely N-dealkylation sites (N-methyl/N-ethyl adjacent to an activating group) is 1. The van der Waals surface area contributed by atoms with Gasteiger partial charge in [0.15, 0.2) is 11.0 Å². The second-order valence-electron chi connectivity index (χ2n) is 3.40. The topological polar surface area (TPSA) is 71.0 Å². The number of hydrogen-bond acceptors (Lipinski definition) is 5. The zero-order chi connectivity index (χ0) is 12.8. The van der Waals surface area contributed by atoms with Crippen LogP contribution in [0.15, 0.2) is 0 Å². The third kappa shape index (κ3) is 4.32. The second-order valence-corrected chi connectivity index (χ2v) is 4.10. The van der Waals surface area contributed by atoms with Crippen molar-refractivity contribution in [1.82, 2.24) is 20.5 Å². The van der Waals surface area contributed by atoms with Crippen molar-refractivity contribution in [3.63, 3.8) is 0 Å². The van der Waals surface area contributed by atoms with Crippen LogP contribution in [0.5, 0.6) is 0 Å². The first-order valence-electron chi connectivity index (χ1n) is 5.08. The zero-order valence-corrected chi connectivity index (χ0v) is 11.1. The normalized spacial score (nSPS) is 10.1. The van der Waals surface area contributed by atoms with Crippen LogP contribution in [0.4, 0.5) is 5.82 Å². The summed E-state index contributed by atoms with van der Waals surface area (Å²) in [5.41, 5.74) is 0. The van der Waals surface area contributed by atoms with E-state index in [9.17, 15) is 4.79 Å². The Balaban J connectivity index is 2.66. The molecule has 0 aliphatic carbocycles. The van der Waals surface area contributed by atoms with E-state index in [2.05, 4.69) is 20.5 Å². The van der Waals surface area contributed by atoms with Gasteiger partial charge in [0.25, 0.3) is 0 Å². The lowest BCUT2D eigenvalue weighted by Crippen LogP contribution is -2.36. The lowest BCUT2D eigenvalue weighted by Gasteiger charge is -2.17. The van der Waals surface area contributed by atoms with Gasteiger partial charge in [-0.25, -0.2) is 0 Å². The van der Waals surface area contributed by atoms with Crippen LogP contribution in [-0.2, 0) is 4.79 Å². The summed E-state index contributed by atoms with van der Waals surface area (Å²) in [6, 6.07) is 0. The average molecular weight is 278 g/mol. The summed E-state index contributed by atoms with van der Waals surface area (Å²) in [6.07, 6.45) is 0.886. The average Bonchev–Trinajstić information content (AvgIpc) is 2.29. The van der Waals surface area contributed by atoms with E-state index in [0.717, 1.165) is 6.42 Å². The predicted molar refractivity (Wildman–Crippen MR) is 66.4 cm³/mol. The highest BCUT2D eigenvalue weighted by Crippen LogP contribution is 2.19. The molecule has 1 rings (SSSR count). The maximum absolute atomic E-state index is 11.5. The summed E-state index contributed by atoms with van der Waals surface area (Å²) in [7, 11) is 1.68. The Bertz CT molecular complexity index is 401. The van der Waals surface area contributed by atoms with E-state index in [4.69, 9.17) is 23.2 Å². The summed E-state index contributed by atoms with van der Waals surface area (Å²) < 4.78 is 0. The van der Waals surface area contributed by atoms with Crippen LogP contribution in [0.25, 0.3) is 0 Å². The molecule has 0 saturated heterocycles. The minimum absolute atomic E-state index is 0.00906. The number of halogens is 2. The molecule has 0 aliphatic rings. The number of carbonyl (C=O) groups is 1. The quantitative estimate of drug-likeness (QED) is 0.874. The third-order valence-electron chi connectivity index (χ3n) is 1.92. The van der Waals surface area contributed by atoms with Crippen LogP contribution in [-0.4, -0.2) is 41.2 Å². The highest BCUT2D eigenvalue weighted by molar-refractivity contribution is 6.32. The summed E-state index contributed by atoms with van der Waals surface area (Å²) in [6.45, 7) is 2.76. The van der Waals surface area contributed by atoms with Gasteiger partial charge < -0.3 is 10.2 Å². The summed E-state index contributed by atoms with van der Waals surface area (Å²) >= 11 is 11.4. The number of anilines is 1. The molecule has 1 N–H and O–H groups in total. The lowest BCUT2D eigenvalue weighted by atomic mass is 10.4. The summed E-state index contributed by atoms with van der Waals surface area (Å²) in [5, 5.41) is 9.96. The number of amides is 1. The second kappa shape index (κ2) is 6.56. The molecule has 0 bridgehead atoms. The van der Waals surface area contributed by atoms with E-state index in [-0.39, 0.29) is 22.9 Å². The molecular formula is C9H13Cl2N5O. The van der Waals surface area contributed by atoms with Gasteiger partial charge in [0, 0.05) is 13.6 Å². The van der Waals surface area contributed by atoms with Crippen LogP contribution in [0.1, 0.15) is 13.3 Å². The molecule has 0 unspecified atom stereocenters. The number of carbonyl (C=O) groups excluding carboxylic acids is 1. The molecule has 0 aromatic carbocycles. The third-order valence-corrected chi connectivity index (χ3v) is 2.32. The van der Waals surface area contributed by atoms with Crippen molar-refractivity contribution in [2.24, 2.45) is 0 Å². The van der Waals surface area contributed by atoms with E-state index in [1.807, 2.05) is 6.92 Å². The molecule has 0 radical (unpaired) electrons. The maximum atomic E-state index is 11.5. The molecule has 0 spiro atoms. The molecule has 17 heavy (non-hydrogen) atoms. The van der Waals surface area contributed by atoms with Gasteiger partial charge in [-0.1, -0.05) is 18.5 Å². The van der Waals surface area contributed by atoms with Crippen molar-refractivity contribution in [2.45, 2.75) is 13.3 Å². The van der Waals surface area contributed by atoms with Gasteiger partial charge >= 0.3 is 0 Å². The van der Waals surface area contributed by atoms with Gasteiger partial charge in [0.05, 0.1) is 6.54 Å². The van der Waals surface area contributed by atoms with E-state index in [1.165, 1.54) is 0 Å². The molecule has 0 fully saturated rings. The van der Waals surface area contributed by atoms with E-state index >= 15 is 0 Å². The molecule has 94 valence electrons. The van der Waals surface area contributed by atoms with Crippen molar-refractivity contribution in [3.05, 3.63) is 10.4 Å². The number of nitrogens with one attached hydrogen (secondary N) is 1. The van der Waals surface area contributed by atoms with Crippen molar-refractivity contribution < 1.29 is 4.79 Å². The van der Waals surface area contributed by atoms with Crippen molar-refractivity contribution in [2.75, 3.05) is 25.0 Å². The highest BCUT2D eigenvalue weighted by atomic mass is 35.5. The molecule has 1 aromatic rings. The van der Waals surface area contributed by atoms with Crippen molar-refractivity contribution >= 4 is 34.9 Å². The fourth-order valence-corrected chi connectivity index (χ4v) is 1.48. The molecule has 0 atom stereocenters. The van der Waals surface area contributed by atoms with Crippen molar-refractivity contribution in [3.8, 4) is 0 Å². The first kappa shape index (κ1) is 13.9. The smallest absolute Gasteiger partial charge is 0.245 e. The molecule has 1 heterocycles. The number of hydrogen-bond donors (Lipinski definition) is 1. The van der Waals surface area contributed by atoms with Crippen LogP contribution >= 0.6 is 23.2 Å². The number of rotatable bonds is 5. The van der Waals surface area contributed by atoms with Crippen LogP contribution in [0.2, 0.25) is 10.4 Å². The van der Waals surface area contributed by atoms with Gasteiger partial charge in [-0.05, 0) is 18.0 Å². The van der Waals surface area contributed by atoms with Crippen LogP contribution in [0.3, 0.4) is 0 Å². The predicted octanol–water partition coefficient (Wildman–Crippen LogP) is 1.14. The standard InChI is InChI=1S/C9H13Cl2N5O/c1-3-4-12-6(17)5-16(2)8-7(10)14-15-9(11)13-8/h3-5H2,1-2H3,(H,12,17). The van der Waals surface area contributed by atoms with E-state index in [0.29, 0.717) is 12.4 Å². The first-order valence-corrected chi connectivity index (χ1v) is 5.83. The molecule has 0 aliphatic heterocycles. The molecule has 6 nitrogen and oxygen atoms in total. The SMILES string of the molecule is CCCNC(=O)CN(C)c1nc(Cl)nnc1Cl. The Labute approximate surface area is 109 Å². The van der Waals surface area contributed by atoms with Crippen molar-refractivity contribution in [1.29, 1.82) is 0 Å². The minimum Gasteiger partial charge on any atom is -0.355 e. The first-order chi connectivity index (χ1) is 8.04. The Morgan fingerprint density at radius 2 is 2.12 bits per heavy atom. The van der Waals surface area contributed by atoms with Gasteiger partial charge in [-0.2, -0.15) is 4.98 Å². The maximum Gasteiger partial charge on any atom is 0.245 e. The zero-order valence-electron chi connectivity index (χ0n) is 9.57. The van der Waals surface area contributed by atoms with E-state index < -0.39 is 0 Å². The molecular weight excluding hydrogens is 265 g/mol. The van der Waals surface area contributed by atoms with Gasteiger partial charge in [-0.15, -0.1) is 10.2 Å². The van der Waals surface area contributed by atoms with Crippen LogP contribution in [0, 0.1) is 0 Å². The van der Waals surface area contributed by atoms with Crippen LogP contribution < -0.4 is 10.2 Å². The minimum atomic E-state index is -0.111. The summed E-state index contributed by atoms with van der Waals surface area (Å²) in [5.74, 6) is 0.221. The fraction of sp³-hybridized carbons (Fsp3) is 0.556. The summed E-state index contributed by atoms with van der Waals surface area (Å²) in [4.78, 5) is 17.0. The number of nitrogens with zero attached hydrogens (tertiary/aromatic N) is 4. The Kier molecular flexibility index (Phi) is 5.37. The highest BCUT2D eigenvalue weighted by Gasteiger charge is 2.13. The fourth-order valence-electron chi connectivity index (χ4n) is 1.14. The molecule has 1 amide bonds. The van der Waals surface area contributed by atoms with Gasteiger partial charge in [0.2, 0.25) is 11.2 Å². The van der Waals surface area contributed by atoms with Gasteiger partial charge in [0.1, 0.15) is 0 Å². The largest absolute Gasteiger partial charge is 0.355 e. The molecule has 8 heteroatoms. The molecule has 1 aromatic heterocycles. The Hall–Kier alpha value is -1.14. The number of aromatic nitrogens is 3. The Morgan fingerprint density at radius 1 is 1.41 bits per heavy atom. The monoisotopic (exact) mass is 277 g/mol. The van der Waals surface area contributed by atoms with Gasteiger partial charge in [-0.3, -0.25) is 4.79 Å².